The molecule has 3 aromatic rings. The summed E-state index contributed by atoms with van der Waals surface area (Å²) in [6, 6.07) is 9.15. The SMILES string of the molecule is Cn1c(=O)c2c(nc(NC(=O)NCc3ccccc3)n2CCCN2CCCC2)n(C)c1=O. The number of carbonyl (C=O) groups is 1. The summed E-state index contributed by atoms with van der Waals surface area (Å²) < 4.78 is 4.12. The van der Waals surface area contributed by atoms with Gasteiger partial charge in [-0.2, -0.15) is 4.98 Å². The summed E-state index contributed by atoms with van der Waals surface area (Å²) in [6.45, 7) is 3.96. The molecule has 0 radical (unpaired) electrons. The van der Waals surface area contributed by atoms with Crippen LogP contribution in [0.15, 0.2) is 39.9 Å². The van der Waals surface area contributed by atoms with Crippen LogP contribution in [0, 0.1) is 0 Å². The van der Waals surface area contributed by atoms with Crippen LogP contribution in [0.4, 0.5) is 10.7 Å². The van der Waals surface area contributed by atoms with Crippen molar-refractivity contribution in [2.75, 3.05) is 25.0 Å². The van der Waals surface area contributed by atoms with Crippen LogP contribution < -0.4 is 21.9 Å². The molecule has 1 aromatic carbocycles. The molecule has 0 atom stereocenters. The monoisotopic (exact) mass is 439 g/mol. The highest BCUT2D eigenvalue weighted by Gasteiger charge is 2.21. The van der Waals surface area contributed by atoms with Gasteiger partial charge in [-0.05, 0) is 44.5 Å². The van der Waals surface area contributed by atoms with Gasteiger partial charge in [0.2, 0.25) is 5.95 Å². The fourth-order valence-electron chi connectivity index (χ4n) is 4.14. The third kappa shape index (κ3) is 4.45. The van der Waals surface area contributed by atoms with Crippen LogP contribution in [0.5, 0.6) is 0 Å². The Morgan fingerprint density at radius 1 is 1.03 bits per heavy atom. The molecule has 0 bridgehead atoms. The number of anilines is 1. The van der Waals surface area contributed by atoms with Crippen LogP contribution in [0.2, 0.25) is 0 Å². The van der Waals surface area contributed by atoms with Gasteiger partial charge in [0.15, 0.2) is 11.2 Å². The van der Waals surface area contributed by atoms with Crippen molar-refractivity contribution in [3.8, 4) is 0 Å². The van der Waals surface area contributed by atoms with E-state index in [4.69, 9.17) is 0 Å². The van der Waals surface area contributed by atoms with Crippen molar-refractivity contribution in [2.24, 2.45) is 14.1 Å². The zero-order valence-electron chi connectivity index (χ0n) is 18.5. The summed E-state index contributed by atoms with van der Waals surface area (Å²) >= 11 is 0. The third-order valence-electron chi connectivity index (χ3n) is 5.92. The van der Waals surface area contributed by atoms with E-state index in [1.807, 2.05) is 30.3 Å². The molecule has 0 aliphatic carbocycles. The summed E-state index contributed by atoms with van der Waals surface area (Å²) in [7, 11) is 3.02. The predicted molar refractivity (Wildman–Crippen MR) is 123 cm³/mol. The number of imidazole rings is 1. The molecule has 1 aliphatic rings. The minimum absolute atomic E-state index is 0.255. The lowest BCUT2D eigenvalue weighted by Gasteiger charge is -2.16. The van der Waals surface area contributed by atoms with Crippen LogP contribution in [-0.2, 0) is 27.2 Å². The van der Waals surface area contributed by atoms with Crippen molar-refractivity contribution >= 4 is 23.1 Å². The normalized spacial score (nSPS) is 14.2. The number of hydrogen-bond acceptors (Lipinski definition) is 5. The van der Waals surface area contributed by atoms with Crippen LogP contribution in [0.1, 0.15) is 24.8 Å². The van der Waals surface area contributed by atoms with Gasteiger partial charge in [0.1, 0.15) is 0 Å². The average Bonchev–Trinajstić information content (AvgIpc) is 3.44. The number of hydrogen-bond donors (Lipinski definition) is 2. The Kier molecular flexibility index (Phi) is 6.40. The van der Waals surface area contributed by atoms with Crippen molar-refractivity contribution in [1.29, 1.82) is 0 Å². The molecule has 4 rings (SSSR count). The van der Waals surface area contributed by atoms with Crippen molar-refractivity contribution < 1.29 is 4.79 Å². The molecular weight excluding hydrogens is 410 g/mol. The van der Waals surface area contributed by atoms with Crippen LogP contribution in [-0.4, -0.2) is 49.3 Å². The topological polar surface area (TPSA) is 106 Å². The van der Waals surface area contributed by atoms with Crippen molar-refractivity contribution in [1.82, 2.24) is 28.9 Å². The van der Waals surface area contributed by atoms with E-state index >= 15 is 0 Å². The number of fused-ring (bicyclic) bond motifs is 1. The Balaban J connectivity index is 1.59. The van der Waals surface area contributed by atoms with Crippen molar-refractivity contribution in [3.63, 3.8) is 0 Å². The second-order valence-corrected chi connectivity index (χ2v) is 8.16. The smallest absolute Gasteiger partial charge is 0.332 e. The number of carbonyl (C=O) groups excluding carboxylic acids is 1. The summed E-state index contributed by atoms with van der Waals surface area (Å²) in [6.07, 6.45) is 3.23. The van der Waals surface area contributed by atoms with Gasteiger partial charge in [-0.3, -0.25) is 19.2 Å². The first-order chi connectivity index (χ1) is 15.5. The lowest BCUT2D eigenvalue weighted by Crippen LogP contribution is -2.37. The molecule has 0 unspecified atom stereocenters. The van der Waals surface area contributed by atoms with E-state index < -0.39 is 17.3 Å². The molecular formula is C22H29N7O3. The molecule has 2 amide bonds. The third-order valence-corrected chi connectivity index (χ3v) is 5.92. The minimum atomic E-state index is -0.454. The Morgan fingerprint density at radius 3 is 2.47 bits per heavy atom. The van der Waals surface area contributed by atoms with Gasteiger partial charge in [0.05, 0.1) is 0 Å². The zero-order chi connectivity index (χ0) is 22.7. The van der Waals surface area contributed by atoms with Crippen LogP contribution in [0.3, 0.4) is 0 Å². The molecule has 1 saturated heterocycles. The molecule has 1 fully saturated rings. The van der Waals surface area contributed by atoms with E-state index in [9.17, 15) is 14.4 Å². The number of amides is 2. The number of aryl methyl sites for hydroxylation is 2. The highest BCUT2D eigenvalue weighted by molar-refractivity contribution is 5.89. The molecule has 3 heterocycles. The molecule has 0 saturated carbocycles. The predicted octanol–water partition coefficient (Wildman–Crippen LogP) is 1.24. The van der Waals surface area contributed by atoms with E-state index in [-0.39, 0.29) is 11.6 Å². The van der Waals surface area contributed by atoms with Gasteiger partial charge in [0, 0.05) is 27.2 Å². The van der Waals surface area contributed by atoms with Crippen LogP contribution in [0.25, 0.3) is 11.2 Å². The number of nitrogens with one attached hydrogen (secondary N) is 2. The summed E-state index contributed by atoms with van der Waals surface area (Å²) in [5.74, 6) is 0.255. The van der Waals surface area contributed by atoms with E-state index in [1.54, 1.807) is 11.6 Å². The fourth-order valence-corrected chi connectivity index (χ4v) is 4.14. The maximum Gasteiger partial charge on any atom is 0.332 e. The molecule has 0 spiro atoms. The maximum atomic E-state index is 12.9. The minimum Gasteiger partial charge on any atom is -0.334 e. The summed E-state index contributed by atoms with van der Waals surface area (Å²) in [5.41, 5.74) is 0.670. The van der Waals surface area contributed by atoms with Gasteiger partial charge >= 0.3 is 11.7 Å². The van der Waals surface area contributed by atoms with E-state index in [2.05, 4.69) is 20.5 Å². The number of urea groups is 1. The highest BCUT2D eigenvalue weighted by Crippen LogP contribution is 2.17. The standard InChI is InChI=1S/C22H29N7O3/c1-26-18-17(19(30)27(2)22(26)32)29(14-8-13-28-11-6-7-12-28)20(24-18)25-21(31)23-15-16-9-4-3-5-10-16/h3-5,9-10H,6-8,11-15H2,1-2H3,(H2,23,24,25,31). The number of benzene rings is 1. The molecule has 2 N–H and O–H groups in total. The van der Waals surface area contributed by atoms with Gasteiger partial charge in [0.25, 0.3) is 5.56 Å². The van der Waals surface area contributed by atoms with Crippen molar-refractivity contribution in [3.05, 3.63) is 56.7 Å². The number of rotatable bonds is 7. The Morgan fingerprint density at radius 2 is 1.75 bits per heavy atom. The van der Waals surface area contributed by atoms with E-state index in [1.165, 1.54) is 24.5 Å². The Bertz CT molecular complexity index is 1220. The molecule has 2 aromatic heterocycles. The molecule has 170 valence electrons. The lowest BCUT2D eigenvalue weighted by molar-refractivity contribution is 0.251. The van der Waals surface area contributed by atoms with Gasteiger partial charge in [-0.25, -0.2) is 9.59 Å². The van der Waals surface area contributed by atoms with Gasteiger partial charge < -0.3 is 14.8 Å². The van der Waals surface area contributed by atoms with Crippen molar-refractivity contribution in [2.45, 2.75) is 32.4 Å². The Hall–Kier alpha value is -3.40. The van der Waals surface area contributed by atoms with E-state index in [0.29, 0.717) is 18.6 Å². The number of likely N-dealkylation sites (tertiary alicyclic amines) is 1. The van der Waals surface area contributed by atoms with E-state index in [0.717, 1.165) is 36.2 Å². The molecule has 10 heteroatoms. The van der Waals surface area contributed by atoms with Crippen LogP contribution >= 0.6 is 0 Å². The van der Waals surface area contributed by atoms with Gasteiger partial charge in [-0.15, -0.1) is 0 Å². The zero-order valence-corrected chi connectivity index (χ0v) is 18.5. The fraction of sp³-hybridized carbons (Fsp3) is 0.455. The molecule has 1 aliphatic heterocycles. The average molecular weight is 440 g/mol. The number of aromatic nitrogens is 4. The first-order valence-electron chi connectivity index (χ1n) is 10.9. The second-order valence-electron chi connectivity index (χ2n) is 8.16. The maximum absolute atomic E-state index is 12.9. The largest absolute Gasteiger partial charge is 0.334 e. The first-order valence-corrected chi connectivity index (χ1v) is 10.9. The number of nitrogens with zero attached hydrogens (tertiary/aromatic N) is 5. The summed E-state index contributed by atoms with van der Waals surface area (Å²) in [4.78, 5) is 44.7. The molecule has 32 heavy (non-hydrogen) atoms. The first kappa shape index (κ1) is 21.8. The summed E-state index contributed by atoms with van der Waals surface area (Å²) in [5, 5.41) is 5.58. The second kappa shape index (κ2) is 9.39. The quantitative estimate of drug-likeness (QED) is 0.576. The lowest BCUT2D eigenvalue weighted by atomic mass is 10.2. The Labute approximate surface area is 185 Å². The van der Waals surface area contributed by atoms with Gasteiger partial charge in [-0.1, -0.05) is 30.3 Å². The highest BCUT2D eigenvalue weighted by atomic mass is 16.2. The molecule has 10 nitrogen and oxygen atoms in total.